The van der Waals surface area contributed by atoms with Crippen LogP contribution in [0.25, 0.3) is 10.1 Å². The van der Waals surface area contributed by atoms with Gasteiger partial charge in [-0.15, -0.1) is 11.3 Å². The molecule has 25 heavy (non-hydrogen) atoms. The predicted molar refractivity (Wildman–Crippen MR) is 92.9 cm³/mol. The van der Waals surface area contributed by atoms with Crippen molar-refractivity contribution in [2.75, 3.05) is 6.54 Å². The highest BCUT2D eigenvalue weighted by Gasteiger charge is 2.28. The van der Waals surface area contributed by atoms with Gasteiger partial charge in [0.05, 0.1) is 4.90 Å². The molecule has 0 aliphatic heterocycles. The minimum atomic E-state index is -4.16. The number of hydrogen-bond donors (Lipinski definition) is 2. The average molecular weight is 383 g/mol. The zero-order valence-electron chi connectivity index (χ0n) is 13.2. The molecule has 132 valence electrons. The highest BCUT2D eigenvalue weighted by molar-refractivity contribution is 7.89. The van der Waals surface area contributed by atoms with Crippen LogP contribution >= 0.6 is 11.3 Å². The molecule has 4 nitrogen and oxygen atoms in total. The van der Waals surface area contributed by atoms with Gasteiger partial charge in [0, 0.05) is 22.2 Å². The summed E-state index contributed by atoms with van der Waals surface area (Å²) in [4.78, 5) is 0.0546. The number of benzene rings is 2. The van der Waals surface area contributed by atoms with Crippen LogP contribution in [0.15, 0.2) is 53.4 Å². The molecule has 0 bridgehead atoms. The second-order valence-electron chi connectivity index (χ2n) is 5.85. The molecule has 0 radical (unpaired) electrons. The minimum Gasteiger partial charge on any atom is -0.383 e. The number of aliphatic hydroxyl groups is 1. The first-order valence-corrected chi connectivity index (χ1v) is 9.64. The lowest BCUT2D eigenvalue weighted by Gasteiger charge is -2.22. The summed E-state index contributed by atoms with van der Waals surface area (Å²) >= 11 is 1.35. The lowest BCUT2D eigenvalue weighted by Crippen LogP contribution is -2.38. The van der Waals surface area contributed by atoms with Crippen LogP contribution in [0.3, 0.4) is 0 Å². The van der Waals surface area contributed by atoms with E-state index >= 15 is 0 Å². The number of sulfonamides is 1. The van der Waals surface area contributed by atoms with Crippen LogP contribution in [-0.4, -0.2) is 20.1 Å². The fourth-order valence-electron chi connectivity index (χ4n) is 2.34. The quantitative estimate of drug-likeness (QED) is 0.710. The molecule has 0 aliphatic carbocycles. The predicted octanol–water partition coefficient (Wildman–Crippen LogP) is 3.37. The van der Waals surface area contributed by atoms with Crippen molar-refractivity contribution >= 4 is 31.4 Å². The third-order valence-corrected chi connectivity index (χ3v) is 6.46. The molecule has 8 heteroatoms. The van der Waals surface area contributed by atoms with E-state index in [1.807, 2.05) is 24.3 Å². The molecular formula is C17H15F2NO3S2. The molecule has 0 spiro atoms. The van der Waals surface area contributed by atoms with Gasteiger partial charge >= 0.3 is 0 Å². The second kappa shape index (κ2) is 6.45. The molecule has 1 unspecified atom stereocenters. The Morgan fingerprint density at radius 2 is 1.76 bits per heavy atom. The van der Waals surface area contributed by atoms with Gasteiger partial charge in [0.15, 0.2) is 0 Å². The second-order valence-corrected chi connectivity index (χ2v) is 8.70. The summed E-state index contributed by atoms with van der Waals surface area (Å²) in [5.41, 5.74) is -1.47. The summed E-state index contributed by atoms with van der Waals surface area (Å²) in [7, 11) is -4.16. The summed E-state index contributed by atoms with van der Waals surface area (Å²) < 4.78 is 54.1. The maximum absolute atomic E-state index is 13.2. The minimum absolute atomic E-state index is 0.333. The zero-order chi connectivity index (χ0) is 18.2. The molecule has 1 atom stereocenters. The van der Waals surface area contributed by atoms with Gasteiger partial charge in [-0.25, -0.2) is 21.9 Å². The number of rotatable bonds is 5. The SMILES string of the molecule is CC(O)(CNS(=O)(=O)c1cc(F)cc(F)c1)c1cc2ccccc2s1. The maximum atomic E-state index is 13.2. The topological polar surface area (TPSA) is 66.4 Å². The molecule has 0 amide bonds. The monoisotopic (exact) mass is 383 g/mol. The van der Waals surface area contributed by atoms with Gasteiger partial charge in [-0.05, 0) is 36.6 Å². The molecule has 1 heterocycles. The molecule has 0 saturated carbocycles. The van der Waals surface area contributed by atoms with Crippen molar-refractivity contribution in [1.82, 2.24) is 4.72 Å². The van der Waals surface area contributed by atoms with E-state index in [1.54, 1.807) is 6.07 Å². The van der Waals surface area contributed by atoms with Gasteiger partial charge in [-0.1, -0.05) is 18.2 Å². The van der Waals surface area contributed by atoms with Crippen LogP contribution in [0.1, 0.15) is 11.8 Å². The van der Waals surface area contributed by atoms with Crippen molar-refractivity contribution in [2.24, 2.45) is 0 Å². The van der Waals surface area contributed by atoms with Crippen molar-refractivity contribution in [1.29, 1.82) is 0 Å². The van der Waals surface area contributed by atoms with Gasteiger partial charge in [-0.3, -0.25) is 0 Å². The number of halogens is 2. The lowest BCUT2D eigenvalue weighted by molar-refractivity contribution is 0.0666. The van der Waals surface area contributed by atoms with Gasteiger partial charge in [-0.2, -0.15) is 0 Å². The first-order valence-electron chi connectivity index (χ1n) is 7.35. The summed E-state index contributed by atoms with van der Waals surface area (Å²) in [6.45, 7) is 1.15. The Bertz CT molecular complexity index is 976. The van der Waals surface area contributed by atoms with Crippen molar-refractivity contribution in [2.45, 2.75) is 17.4 Å². The van der Waals surface area contributed by atoms with Gasteiger partial charge in [0.2, 0.25) is 10.0 Å². The maximum Gasteiger partial charge on any atom is 0.240 e. The normalized spacial score (nSPS) is 14.6. The molecule has 3 rings (SSSR count). The van der Waals surface area contributed by atoms with E-state index in [0.717, 1.165) is 22.2 Å². The van der Waals surface area contributed by atoms with Gasteiger partial charge in [0.1, 0.15) is 17.2 Å². The lowest BCUT2D eigenvalue weighted by atomic mass is 10.1. The number of nitrogens with one attached hydrogen (secondary N) is 1. The molecule has 0 aliphatic rings. The number of thiophene rings is 1. The Morgan fingerprint density at radius 3 is 2.40 bits per heavy atom. The van der Waals surface area contributed by atoms with Crippen LogP contribution in [0.2, 0.25) is 0 Å². The molecular weight excluding hydrogens is 368 g/mol. The van der Waals surface area contributed by atoms with E-state index in [1.165, 1.54) is 18.3 Å². The number of fused-ring (bicyclic) bond motifs is 1. The molecule has 2 N–H and O–H groups in total. The average Bonchev–Trinajstić information content (AvgIpc) is 2.97. The van der Waals surface area contributed by atoms with Crippen LogP contribution in [0, 0.1) is 11.6 Å². The molecule has 3 aromatic rings. The Hall–Kier alpha value is -1.87. The summed E-state index contributed by atoms with van der Waals surface area (Å²) in [5.74, 6) is -1.98. The smallest absolute Gasteiger partial charge is 0.240 e. The first-order chi connectivity index (χ1) is 11.7. The van der Waals surface area contributed by atoms with Crippen molar-refractivity contribution in [3.8, 4) is 0 Å². The zero-order valence-corrected chi connectivity index (χ0v) is 14.8. The Kier molecular flexibility index (Phi) is 4.63. The van der Waals surface area contributed by atoms with Crippen molar-refractivity contribution in [3.63, 3.8) is 0 Å². The molecule has 0 fully saturated rings. The summed E-state index contributed by atoms with van der Waals surface area (Å²) in [6, 6.07) is 11.4. The first kappa shape index (κ1) is 17.9. The van der Waals surface area contributed by atoms with Gasteiger partial charge in [0.25, 0.3) is 0 Å². The Labute approximate surface area is 147 Å². The number of hydrogen-bond acceptors (Lipinski definition) is 4. The van der Waals surface area contributed by atoms with E-state index in [2.05, 4.69) is 4.72 Å². The van der Waals surface area contributed by atoms with E-state index in [4.69, 9.17) is 0 Å². The van der Waals surface area contributed by atoms with Crippen LogP contribution in [0.5, 0.6) is 0 Å². The Morgan fingerprint density at radius 1 is 1.12 bits per heavy atom. The standard InChI is InChI=1S/C17H15F2NO3S2/c1-17(21,16-6-11-4-2-3-5-15(11)24-16)10-20-25(22,23)14-8-12(18)7-13(19)9-14/h2-9,20-21H,10H2,1H3. The van der Waals surface area contributed by atoms with E-state index in [9.17, 15) is 22.3 Å². The van der Waals surface area contributed by atoms with Crippen molar-refractivity contribution < 1.29 is 22.3 Å². The molecule has 2 aromatic carbocycles. The van der Waals surface area contributed by atoms with Crippen LogP contribution in [0.4, 0.5) is 8.78 Å². The van der Waals surface area contributed by atoms with Crippen LogP contribution < -0.4 is 4.72 Å². The van der Waals surface area contributed by atoms with E-state index in [0.29, 0.717) is 10.9 Å². The highest BCUT2D eigenvalue weighted by Crippen LogP contribution is 2.33. The Balaban J connectivity index is 1.83. The fraction of sp³-hybridized carbons (Fsp3) is 0.176. The fourth-order valence-corrected chi connectivity index (χ4v) is 4.62. The summed E-state index contributed by atoms with van der Waals surface area (Å²) in [6.07, 6.45) is 0. The largest absolute Gasteiger partial charge is 0.383 e. The molecule has 0 saturated heterocycles. The highest BCUT2D eigenvalue weighted by atomic mass is 32.2. The summed E-state index contributed by atoms with van der Waals surface area (Å²) in [5, 5.41) is 11.6. The van der Waals surface area contributed by atoms with Crippen LogP contribution in [-0.2, 0) is 15.6 Å². The third kappa shape index (κ3) is 3.87. The third-order valence-electron chi connectivity index (χ3n) is 3.71. The van der Waals surface area contributed by atoms with E-state index in [-0.39, 0.29) is 6.54 Å². The van der Waals surface area contributed by atoms with E-state index < -0.39 is 32.2 Å². The molecule has 1 aromatic heterocycles. The van der Waals surface area contributed by atoms with Gasteiger partial charge < -0.3 is 5.11 Å². The van der Waals surface area contributed by atoms with Crippen molar-refractivity contribution in [3.05, 3.63) is 65.0 Å².